The number of hydrogen-bond donors (Lipinski definition) is 1. The molecule has 0 aliphatic carbocycles. The fraction of sp³-hybridized carbons (Fsp3) is 0.250. The van der Waals surface area contributed by atoms with E-state index in [1.807, 2.05) is 38.1 Å². The zero-order valence-electron chi connectivity index (χ0n) is 11.3. The van der Waals surface area contributed by atoms with Crippen molar-refractivity contribution < 1.29 is 8.78 Å². The first-order valence-corrected chi connectivity index (χ1v) is 6.26. The fourth-order valence-electron chi connectivity index (χ4n) is 1.97. The highest BCUT2D eigenvalue weighted by Crippen LogP contribution is 2.24. The Bertz CT molecular complexity index is 576. The first-order chi connectivity index (χ1) is 8.97. The molecular formula is C16H17F2N. The Morgan fingerprint density at radius 2 is 1.58 bits per heavy atom. The molecule has 0 aromatic heterocycles. The average Bonchev–Trinajstić information content (AvgIpc) is 2.36. The van der Waals surface area contributed by atoms with Crippen LogP contribution in [0.5, 0.6) is 0 Å². The lowest BCUT2D eigenvalue weighted by molar-refractivity contribution is 0.571. The molecule has 0 radical (unpaired) electrons. The smallest absolute Gasteiger partial charge is 0.128 e. The maximum Gasteiger partial charge on any atom is 0.128 e. The maximum absolute atomic E-state index is 13.8. The van der Waals surface area contributed by atoms with E-state index >= 15 is 0 Å². The Balaban J connectivity index is 2.22. The predicted octanol–water partition coefficient (Wildman–Crippen LogP) is 4.75. The molecule has 0 fully saturated rings. The number of hydrogen-bond acceptors (Lipinski definition) is 1. The van der Waals surface area contributed by atoms with Gasteiger partial charge in [0.15, 0.2) is 0 Å². The van der Waals surface area contributed by atoms with Crippen molar-refractivity contribution in [2.24, 2.45) is 0 Å². The second-order valence-corrected chi connectivity index (χ2v) is 4.85. The van der Waals surface area contributed by atoms with Crippen molar-refractivity contribution in [3.63, 3.8) is 0 Å². The van der Waals surface area contributed by atoms with Crippen LogP contribution >= 0.6 is 0 Å². The lowest BCUT2D eigenvalue weighted by atomic mass is 10.0. The van der Waals surface area contributed by atoms with E-state index in [9.17, 15) is 8.78 Å². The average molecular weight is 261 g/mol. The molecule has 0 saturated carbocycles. The van der Waals surface area contributed by atoms with Gasteiger partial charge in [-0.1, -0.05) is 17.7 Å². The van der Waals surface area contributed by atoms with E-state index in [0.717, 1.165) is 11.3 Å². The quantitative estimate of drug-likeness (QED) is 0.840. The first kappa shape index (κ1) is 13.5. The molecule has 100 valence electrons. The van der Waals surface area contributed by atoms with Gasteiger partial charge in [-0.3, -0.25) is 0 Å². The minimum Gasteiger partial charge on any atom is -0.378 e. The van der Waals surface area contributed by atoms with Gasteiger partial charge in [-0.05, 0) is 50.6 Å². The van der Waals surface area contributed by atoms with E-state index in [2.05, 4.69) is 5.32 Å². The van der Waals surface area contributed by atoms with E-state index in [1.165, 1.54) is 12.1 Å². The molecule has 1 unspecified atom stereocenters. The lowest BCUT2D eigenvalue weighted by Gasteiger charge is -2.17. The number of benzene rings is 2. The van der Waals surface area contributed by atoms with Crippen LogP contribution in [-0.2, 0) is 0 Å². The summed E-state index contributed by atoms with van der Waals surface area (Å²) in [5, 5.41) is 3.17. The topological polar surface area (TPSA) is 12.0 Å². The molecule has 0 heterocycles. The third kappa shape index (κ3) is 3.11. The van der Waals surface area contributed by atoms with Gasteiger partial charge in [0.1, 0.15) is 11.6 Å². The molecule has 1 atom stereocenters. The summed E-state index contributed by atoms with van der Waals surface area (Å²) < 4.78 is 27.4. The first-order valence-electron chi connectivity index (χ1n) is 6.26. The Kier molecular flexibility index (Phi) is 3.84. The monoisotopic (exact) mass is 261 g/mol. The molecule has 2 aromatic carbocycles. The van der Waals surface area contributed by atoms with Gasteiger partial charge in [-0.15, -0.1) is 0 Å². The highest BCUT2D eigenvalue weighted by atomic mass is 19.1. The van der Waals surface area contributed by atoms with Gasteiger partial charge in [0.25, 0.3) is 0 Å². The summed E-state index contributed by atoms with van der Waals surface area (Å²) in [6.07, 6.45) is 0. The third-order valence-electron chi connectivity index (χ3n) is 3.18. The summed E-state index contributed by atoms with van der Waals surface area (Å²) in [4.78, 5) is 0. The van der Waals surface area contributed by atoms with Gasteiger partial charge in [-0.25, -0.2) is 8.78 Å². The molecule has 19 heavy (non-hydrogen) atoms. The summed E-state index contributed by atoms with van der Waals surface area (Å²) >= 11 is 0. The number of aryl methyl sites for hydroxylation is 2. The molecule has 0 bridgehead atoms. The summed E-state index contributed by atoms with van der Waals surface area (Å²) in [5.74, 6) is -0.764. The standard InChI is InChI=1S/C16H17F2N/c1-10-4-6-13(7-5-10)19-12(3)14-9-15(17)11(2)8-16(14)18/h4-9,12,19H,1-3H3. The number of nitrogens with one attached hydrogen (secondary N) is 1. The number of anilines is 1. The molecule has 2 aromatic rings. The molecule has 2 rings (SSSR count). The van der Waals surface area contributed by atoms with Gasteiger partial charge < -0.3 is 5.32 Å². The van der Waals surface area contributed by atoms with Crippen LogP contribution < -0.4 is 5.32 Å². The molecule has 0 spiro atoms. The second kappa shape index (κ2) is 5.39. The highest BCUT2D eigenvalue weighted by Gasteiger charge is 2.13. The molecule has 0 aliphatic heterocycles. The Morgan fingerprint density at radius 3 is 2.21 bits per heavy atom. The number of halogens is 2. The minimum atomic E-state index is -0.383. The maximum atomic E-state index is 13.8. The molecule has 0 aliphatic rings. The minimum absolute atomic E-state index is 0.294. The van der Waals surface area contributed by atoms with Crippen LogP contribution in [0.25, 0.3) is 0 Å². The van der Waals surface area contributed by atoms with Crippen molar-refractivity contribution in [1.29, 1.82) is 0 Å². The van der Waals surface area contributed by atoms with Crippen LogP contribution in [0, 0.1) is 25.5 Å². The van der Waals surface area contributed by atoms with Crippen LogP contribution in [0.1, 0.15) is 29.7 Å². The Labute approximate surface area is 112 Å². The summed E-state index contributed by atoms with van der Waals surface area (Å²) in [6.45, 7) is 5.37. The van der Waals surface area contributed by atoms with E-state index < -0.39 is 0 Å². The Hall–Kier alpha value is -1.90. The SMILES string of the molecule is Cc1ccc(NC(C)c2cc(F)c(C)cc2F)cc1. The van der Waals surface area contributed by atoms with Gasteiger partial charge in [0.2, 0.25) is 0 Å². The molecule has 0 amide bonds. The number of rotatable bonds is 3. The van der Waals surface area contributed by atoms with Crippen LogP contribution in [0.2, 0.25) is 0 Å². The van der Waals surface area contributed by atoms with E-state index in [4.69, 9.17) is 0 Å². The van der Waals surface area contributed by atoms with Crippen molar-refractivity contribution in [3.8, 4) is 0 Å². The van der Waals surface area contributed by atoms with Crippen molar-refractivity contribution in [3.05, 3.63) is 64.7 Å². The largest absolute Gasteiger partial charge is 0.378 e. The molecule has 0 saturated heterocycles. The van der Waals surface area contributed by atoms with Crippen molar-refractivity contribution in [2.75, 3.05) is 5.32 Å². The zero-order valence-corrected chi connectivity index (χ0v) is 11.3. The summed E-state index contributed by atoms with van der Waals surface area (Å²) in [7, 11) is 0. The summed E-state index contributed by atoms with van der Waals surface area (Å²) in [6, 6.07) is 10.00. The van der Waals surface area contributed by atoms with Crippen LogP contribution in [0.3, 0.4) is 0 Å². The zero-order chi connectivity index (χ0) is 14.0. The van der Waals surface area contributed by atoms with Crippen molar-refractivity contribution in [1.82, 2.24) is 0 Å². The van der Waals surface area contributed by atoms with Crippen molar-refractivity contribution >= 4 is 5.69 Å². The van der Waals surface area contributed by atoms with Crippen LogP contribution in [-0.4, -0.2) is 0 Å². The molecular weight excluding hydrogens is 244 g/mol. The van der Waals surface area contributed by atoms with Gasteiger partial charge in [0, 0.05) is 11.3 Å². The lowest BCUT2D eigenvalue weighted by Crippen LogP contribution is -2.09. The Morgan fingerprint density at radius 1 is 0.947 bits per heavy atom. The highest BCUT2D eigenvalue weighted by molar-refractivity contribution is 5.46. The third-order valence-corrected chi connectivity index (χ3v) is 3.18. The van der Waals surface area contributed by atoms with E-state index in [-0.39, 0.29) is 17.7 Å². The van der Waals surface area contributed by atoms with Gasteiger partial charge in [-0.2, -0.15) is 0 Å². The van der Waals surface area contributed by atoms with E-state index in [1.54, 1.807) is 6.92 Å². The predicted molar refractivity (Wildman–Crippen MR) is 74.3 cm³/mol. The van der Waals surface area contributed by atoms with Gasteiger partial charge >= 0.3 is 0 Å². The van der Waals surface area contributed by atoms with Crippen LogP contribution in [0.4, 0.5) is 14.5 Å². The van der Waals surface area contributed by atoms with Crippen LogP contribution in [0.15, 0.2) is 36.4 Å². The van der Waals surface area contributed by atoms with Crippen molar-refractivity contribution in [2.45, 2.75) is 26.8 Å². The second-order valence-electron chi connectivity index (χ2n) is 4.85. The molecule has 3 heteroatoms. The fourth-order valence-corrected chi connectivity index (χ4v) is 1.97. The van der Waals surface area contributed by atoms with Gasteiger partial charge in [0.05, 0.1) is 6.04 Å². The van der Waals surface area contributed by atoms with E-state index in [0.29, 0.717) is 11.1 Å². The normalized spacial score (nSPS) is 12.3. The molecule has 1 N–H and O–H groups in total. The molecule has 1 nitrogen and oxygen atoms in total. The summed E-state index contributed by atoms with van der Waals surface area (Å²) in [5.41, 5.74) is 2.71.